The van der Waals surface area contributed by atoms with Gasteiger partial charge in [0.05, 0.1) is 19.7 Å². The lowest BCUT2D eigenvalue weighted by molar-refractivity contribution is -0.137. The Bertz CT molecular complexity index is 965. The summed E-state index contributed by atoms with van der Waals surface area (Å²) in [6.45, 7) is 0.214. The molecule has 0 radical (unpaired) electrons. The fraction of sp³-hybridized carbons (Fsp3) is 0.150. The molecule has 3 amide bonds. The van der Waals surface area contributed by atoms with Crippen LogP contribution < -0.4 is 10.2 Å². The molecule has 0 spiro atoms. The van der Waals surface area contributed by atoms with Crippen molar-refractivity contribution in [3.63, 3.8) is 0 Å². The molecule has 0 atom stereocenters. The molecular formula is C20H17N3O4. The third kappa shape index (κ3) is 2.98. The van der Waals surface area contributed by atoms with Crippen molar-refractivity contribution in [2.24, 2.45) is 0 Å². The van der Waals surface area contributed by atoms with E-state index >= 15 is 0 Å². The van der Waals surface area contributed by atoms with Gasteiger partial charge in [0.25, 0.3) is 17.7 Å². The van der Waals surface area contributed by atoms with Crippen LogP contribution in [0.5, 0.6) is 0 Å². The first-order valence-electron chi connectivity index (χ1n) is 8.54. The van der Waals surface area contributed by atoms with Crippen molar-refractivity contribution in [3.8, 4) is 0 Å². The van der Waals surface area contributed by atoms with E-state index in [-0.39, 0.29) is 24.8 Å². The minimum Gasteiger partial charge on any atom is -0.395 e. The van der Waals surface area contributed by atoms with Gasteiger partial charge in [-0.15, -0.1) is 0 Å². The fourth-order valence-electron chi connectivity index (χ4n) is 3.25. The molecule has 0 saturated heterocycles. The van der Waals surface area contributed by atoms with Crippen LogP contribution in [0.4, 0.5) is 11.4 Å². The molecule has 0 saturated carbocycles. The predicted molar refractivity (Wildman–Crippen MR) is 98.9 cm³/mol. The second-order valence-electron chi connectivity index (χ2n) is 6.30. The number of hydrogen-bond donors (Lipinski definition) is 2. The van der Waals surface area contributed by atoms with Crippen LogP contribution in [0.3, 0.4) is 0 Å². The number of β-amino-alcohol motifs (C(OH)–C–C–N with tert-alkyl or cyclic N) is 1. The quantitative estimate of drug-likeness (QED) is 0.786. The van der Waals surface area contributed by atoms with Crippen LogP contribution in [0.1, 0.15) is 15.9 Å². The van der Waals surface area contributed by atoms with Crippen molar-refractivity contribution in [1.29, 1.82) is 0 Å². The first kappa shape index (κ1) is 17.0. The number of aliphatic hydroxyl groups is 1. The van der Waals surface area contributed by atoms with Gasteiger partial charge in [0.1, 0.15) is 5.70 Å². The van der Waals surface area contributed by atoms with Gasteiger partial charge in [0.2, 0.25) is 0 Å². The predicted octanol–water partition coefficient (Wildman–Crippen LogP) is 1.50. The topological polar surface area (TPSA) is 90.0 Å². The molecule has 7 nitrogen and oxygen atoms in total. The maximum absolute atomic E-state index is 12.5. The summed E-state index contributed by atoms with van der Waals surface area (Å²) in [6, 6.07) is 14.6. The highest BCUT2D eigenvalue weighted by molar-refractivity contribution is 6.17. The van der Waals surface area contributed by atoms with Gasteiger partial charge in [-0.3, -0.25) is 19.3 Å². The van der Waals surface area contributed by atoms with E-state index < -0.39 is 11.8 Å². The average molecular weight is 363 g/mol. The number of rotatable bonds is 5. The maximum Gasteiger partial charge on any atom is 0.277 e. The van der Waals surface area contributed by atoms with E-state index in [1.165, 1.54) is 6.08 Å². The molecule has 2 N–H and O–H groups in total. The number of carbonyl (C=O) groups excluding carboxylic acids is 3. The van der Waals surface area contributed by atoms with Crippen LogP contribution in [-0.4, -0.2) is 40.9 Å². The normalized spacial score (nSPS) is 16.0. The second-order valence-corrected chi connectivity index (χ2v) is 6.30. The van der Waals surface area contributed by atoms with Crippen LogP contribution in [0.2, 0.25) is 0 Å². The Morgan fingerprint density at radius 1 is 0.963 bits per heavy atom. The van der Waals surface area contributed by atoms with Gasteiger partial charge in [-0.05, 0) is 35.9 Å². The molecule has 136 valence electrons. The highest BCUT2D eigenvalue weighted by Gasteiger charge is 2.31. The van der Waals surface area contributed by atoms with Gasteiger partial charge in [0.15, 0.2) is 0 Å². The molecule has 2 aliphatic rings. The number of benzene rings is 2. The lowest BCUT2D eigenvalue weighted by Crippen LogP contribution is -2.34. The zero-order chi connectivity index (χ0) is 19.0. The molecule has 2 heterocycles. The van der Waals surface area contributed by atoms with E-state index in [2.05, 4.69) is 5.32 Å². The smallest absolute Gasteiger partial charge is 0.277 e. The number of anilines is 2. The average Bonchev–Trinajstić information content (AvgIpc) is 3.15. The number of fused-ring (bicyclic) bond motifs is 1. The molecule has 0 bridgehead atoms. The molecule has 0 aliphatic carbocycles. The number of amides is 3. The summed E-state index contributed by atoms with van der Waals surface area (Å²) < 4.78 is 0. The standard InChI is InChI=1S/C20H17N3O4/c24-10-9-22-18(25)11-17(20(22)27)21-14-5-7-15(8-6-14)23-12-13-3-1-2-4-16(13)19(23)26/h1-8,11,21,24H,9-10,12H2. The van der Waals surface area contributed by atoms with Crippen LogP contribution in [0.15, 0.2) is 60.3 Å². The zero-order valence-electron chi connectivity index (χ0n) is 14.4. The summed E-state index contributed by atoms with van der Waals surface area (Å²) in [6.07, 6.45) is 1.21. The lowest BCUT2D eigenvalue weighted by Gasteiger charge is -2.17. The number of carbonyl (C=O) groups is 3. The Hall–Kier alpha value is -3.45. The van der Waals surface area contributed by atoms with Crippen LogP contribution in [0.25, 0.3) is 0 Å². The SMILES string of the molecule is O=C1C=C(Nc2ccc(N3Cc4ccccc4C3=O)cc2)C(=O)N1CCO. The summed E-state index contributed by atoms with van der Waals surface area (Å²) in [4.78, 5) is 39.2. The van der Waals surface area contributed by atoms with Crippen molar-refractivity contribution in [1.82, 2.24) is 4.90 Å². The Labute approximate surface area is 155 Å². The molecule has 0 aromatic heterocycles. The van der Waals surface area contributed by atoms with Crippen LogP contribution >= 0.6 is 0 Å². The number of nitrogens with zero attached hydrogens (tertiary/aromatic N) is 2. The number of aliphatic hydroxyl groups excluding tert-OH is 1. The van der Waals surface area contributed by atoms with Gasteiger partial charge >= 0.3 is 0 Å². The molecule has 2 aromatic rings. The van der Waals surface area contributed by atoms with Crippen molar-refractivity contribution >= 4 is 29.1 Å². The Kier molecular flexibility index (Phi) is 4.21. The number of hydrogen-bond acceptors (Lipinski definition) is 5. The van der Waals surface area contributed by atoms with Gasteiger partial charge in [-0.1, -0.05) is 18.2 Å². The largest absolute Gasteiger partial charge is 0.395 e. The minimum atomic E-state index is -0.469. The molecular weight excluding hydrogens is 346 g/mol. The molecule has 7 heteroatoms. The monoisotopic (exact) mass is 363 g/mol. The van der Waals surface area contributed by atoms with E-state index in [1.807, 2.05) is 24.3 Å². The van der Waals surface area contributed by atoms with Gasteiger partial charge in [-0.25, -0.2) is 0 Å². The first-order valence-corrected chi connectivity index (χ1v) is 8.54. The number of imide groups is 1. The number of nitrogens with one attached hydrogen (secondary N) is 1. The van der Waals surface area contributed by atoms with Gasteiger partial charge in [-0.2, -0.15) is 0 Å². The van der Waals surface area contributed by atoms with E-state index in [1.54, 1.807) is 29.2 Å². The third-order valence-corrected chi connectivity index (χ3v) is 4.61. The summed E-state index contributed by atoms with van der Waals surface area (Å²) in [5.41, 5.74) is 3.25. The Balaban J connectivity index is 1.48. The Morgan fingerprint density at radius 3 is 2.41 bits per heavy atom. The molecule has 4 rings (SSSR count). The highest BCUT2D eigenvalue weighted by atomic mass is 16.3. The van der Waals surface area contributed by atoms with Crippen LogP contribution in [0, 0.1) is 0 Å². The van der Waals surface area contributed by atoms with Crippen molar-refractivity contribution in [3.05, 3.63) is 71.4 Å². The fourth-order valence-corrected chi connectivity index (χ4v) is 3.25. The minimum absolute atomic E-state index is 0.0318. The Morgan fingerprint density at radius 2 is 1.70 bits per heavy atom. The lowest BCUT2D eigenvalue weighted by atomic mass is 10.1. The zero-order valence-corrected chi connectivity index (χ0v) is 14.4. The molecule has 27 heavy (non-hydrogen) atoms. The van der Waals surface area contributed by atoms with E-state index in [0.717, 1.165) is 16.2 Å². The second kappa shape index (κ2) is 6.69. The van der Waals surface area contributed by atoms with E-state index in [9.17, 15) is 14.4 Å². The maximum atomic E-state index is 12.5. The van der Waals surface area contributed by atoms with Crippen molar-refractivity contribution in [2.75, 3.05) is 23.4 Å². The van der Waals surface area contributed by atoms with Crippen molar-refractivity contribution < 1.29 is 19.5 Å². The van der Waals surface area contributed by atoms with E-state index in [0.29, 0.717) is 17.8 Å². The highest BCUT2D eigenvalue weighted by Crippen LogP contribution is 2.29. The summed E-state index contributed by atoms with van der Waals surface area (Å²) in [5.74, 6) is -0.956. The van der Waals surface area contributed by atoms with Gasteiger partial charge < -0.3 is 15.3 Å². The molecule has 2 aliphatic heterocycles. The third-order valence-electron chi connectivity index (χ3n) is 4.61. The summed E-state index contributed by atoms with van der Waals surface area (Å²) >= 11 is 0. The van der Waals surface area contributed by atoms with E-state index in [4.69, 9.17) is 5.11 Å². The van der Waals surface area contributed by atoms with Crippen molar-refractivity contribution in [2.45, 2.75) is 6.54 Å². The van der Waals surface area contributed by atoms with Crippen LogP contribution in [-0.2, 0) is 16.1 Å². The molecule has 0 unspecified atom stereocenters. The molecule has 0 fully saturated rings. The molecule has 2 aromatic carbocycles. The summed E-state index contributed by atoms with van der Waals surface area (Å²) in [7, 11) is 0. The first-order chi connectivity index (χ1) is 13.1. The van der Waals surface area contributed by atoms with Gasteiger partial charge in [0, 0.05) is 23.0 Å². The summed E-state index contributed by atoms with van der Waals surface area (Å²) in [5, 5.41) is 11.9.